The summed E-state index contributed by atoms with van der Waals surface area (Å²) in [5.74, 6) is 0.581. The summed E-state index contributed by atoms with van der Waals surface area (Å²) in [7, 11) is 0. The molecular formula is C17H22N2O2. The van der Waals surface area contributed by atoms with Gasteiger partial charge >= 0.3 is 0 Å². The van der Waals surface area contributed by atoms with Gasteiger partial charge in [0, 0.05) is 0 Å². The van der Waals surface area contributed by atoms with Gasteiger partial charge in [-0.1, -0.05) is 43.9 Å². The molecule has 112 valence electrons. The van der Waals surface area contributed by atoms with E-state index in [2.05, 4.69) is 5.32 Å². The maximum atomic E-state index is 12.4. The highest BCUT2D eigenvalue weighted by Gasteiger charge is 2.39. The second-order valence-electron chi connectivity index (χ2n) is 6.05. The summed E-state index contributed by atoms with van der Waals surface area (Å²) in [6, 6.07) is 8.83. The Hall–Kier alpha value is -1.68. The van der Waals surface area contributed by atoms with Crippen LogP contribution in [0.25, 0.3) is 0 Å². The van der Waals surface area contributed by atoms with Crippen molar-refractivity contribution in [1.29, 1.82) is 0 Å². The van der Waals surface area contributed by atoms with Gasteiger partial charge in [0.05, 0.1) is 18.2 Å². The van der Waals surface area contributed by atoms with Crippen molar-refractivity contribution >= 4 is 17.5 Å². The van der Waals surface area contributed by atoms with Crippen LogP contribution in [0.2, 0.25) is 0 Å². The zero-order valence-corrected chi connectivity index (χ0v) is 12.3. The number of hydrogen-bond donors (Lipinski definition) is 1. The zero-order valence-electron chi connectivity index (χ0n) is 12.3. The molecule has 2 fully saturated rings. The molecule has 0 bridgehead atoms. The number of carbonyl (C=O) groups is 2. The molecule has 4 heteroatoms. The molecule has 21 heavy (non-hydrogen) atoms. The van der Waals surface area contributed by atoms with Crippen molar-refractivity contribution < 1.29 is 9.59 Å². The van der Waals surface area contributed by atoms with Crippen molar-refractivity contribution in [3.63, 3.8) is 0 Å². The predicted octanol–water partition coefficient (Wildman–Crippen LogP) is 2.49. The molecule has 1 heterocycles. The molecule has 0 aromatic heterocycles. The fraction of sp³-hybridized carbons (Fsp3) is 0.529. The third-order valence-corrected chi connectivity index (χ3v) is 4.58. The molecule has 3 rings (SSSR count). The molecule has 1 aliphatic carbocycles. The summed E-state index contributed by atoms with van der Waals surface area (Å²) < 4.78 is 0. The van der Waals surface area contributed by atoms with E-state index in [0.717, 1.165) is 18.9 Å². The van der Waals surface area contributed by atoms with Crippen LogP contribution in [0, 0.1) is 5.92 Å². The fourth-order valence-electron chi connectivity index (χ4n) is 3.40. The molecule has 1 aromatic rings. The normalized spacial score (nSPS) is 23.2. The molecular weight excluding hydrogens is 264 g/mol. The summed E-state index contributed by atoms with van der Waals surface area (Å²) in [4.78, 5) is 25.8. The predicted molar refractivity (Wildman–Crippen MR) is 81.9 cm³/mol. The van der Waals surface area contributed by atoms with Crippen molar-refractivity contribution in [3.05, 3.63) is 30.3 Å². The van der Waals surface area contributed by atoms with E-state index in [1.54, 1.807) is 12.1 Å². The number of imide groups is 1. The Balaban J connectivity index is 1.56. The van der Waals surface area contributed by atoms with Crippen molar-refractivity contribution in [2.75, 3.05) is 11.4 Å². The van der Waals surface area contributed by atoms with Crippen LogP contribution in [-0.4, -0.2) is 24.4 Å². The second kappa shape index (κ2) is 6.39. The summed E-state index contributed by atoms with van der Waals surface area (Å²) in [5.41, 5.74) is 0.674. The van der Waals surface area contributed by atoms with E-state index < -0.39 is 0 Å². The van der Waals surface area contributed by atoms with Gasteiger partial charge in [-0.15, -0.1) is 0 Å². The van der Waals surface area contributed by atoms with E-state index in [1.165, 1.54) is 30.6 Å². The van der Waals surface area contributed by atoms with Crippen LogP contribution in [0.3, 0.4) is 0 Å². The highest BCUT2D eigenvalue weighted by atomic mass is 16.2. The van der Waals surface area contributed by atoms with Gasteiger partial charge in [0.1, 0.15) is 0 Å². The Bertz CT molecular complexity index is 509. The number of nitrogens with zero attached hydrogens (tertiary/aromatic N) is 1. The number of anilines is 1. The second-order valence-corrected chi connectivity index (χ2v) is 6.05. The van der Waals surface area contributed by atoms with Crippen molar-refractivity contribution in [2.45, 2.75) is 44.6 Å². The highest BCUT2D eigenvalue weighted by molar-refractivity contribution is 6.22. The van der Waals surface area contributed by atoms with E-state index in [4.69, 9.17) is 0 Å². The average molecular weight is 286 g/mol. The maximum Gasteiger partial charge on any atom is 0.251 e. The third-order valence-electron chi connectivity index (χ3n) is 4.58. The van der Waals surface area contributed by atoms with Crippen molar-refractivity contribution in [2.24, 2.45) is 5.92 Å². The van der Waals surface area contributed by atoms with Gasteiger partial charge < -0.3 is 5.32 Å². The number of nitrogens with one attached hydrogen (secondary N) is 1. The number of rotatable bonds is 5. The number of carbonyl (C=O) groups excluding carboxylic acids is 2. The zero-order chi connectivity index (χ0) is 14.7. The van der Waals surface area contributed by atoms with Gasteiger partial charge in [0.15, 0.2) is 0 Å². The lowest BCUT2D eigenvalue weighted by atomic mass is 10.0. The maximum absolute atomic E-state index is 12.4. The lowest BCUT2D eigenvalue weighted by molar-refractivity contribution is -0.121. The van der Waals surface area contributed by atoms with E-state index in [0.29, 0.717) is 5.69 Å². The molecule has 0 radical (unpaired) electrons. The lowest BCUT2D eigenvalue weighted by Crippen LogP contribution is -2.39. The van der Waals surface area contributed by atoms with E-state index >= 15 is 0 Å². The summed E-state index contributed by atoms with van der Waals surface area (Å²) in [6.07, 6.45) is 6.70. The summed E-state index contributed by atoms with van der Waals surface area (Å²) in [5, 5.41) is 3.28. The standard InChI is InChI=1S/C17H22N2O2/c20-16-12-15(18-11-10-13-6-4-5-7-13)17(21)19(16)14-8-2-1-3-9-14/h1-3,8-9,13,15,18H,4-7,10-12H2. The molecule has 1 saturated heterocycles. The Morgan fingerprint density at radius 2 is 1.81 bits per heavy atom. The number of benzene rings is 1. The molecule has 1 saturated carbocycles. The van der Waals surface area contributed by atoms with Gasteiger partial charge in [0.2, 0.25) is 5.91 Å². The number of para-hydroxylation sites is 1. The topological polar surface area (TPSA) is 49.4 Å². The van der Waals surface area contributed by atoms with Crippen LogP contribution < -0.4 is 10.2 Å². The van der Waals surface area contributed by atoms with Crippen LogP contribution in [0.4, 0.5) is 5.69 Å². The van der Waals surface area contributed by atoms with E-state index in [1.807, 2.05) is 18.2 Å². The number of amides is 2. The van der Waals surface area contributed by atoms with Gasteiger partial charge in [-0.25, -0.2) is 4.90 Å². The quantitative estimate of drug-likeness (QED) is 0.846. The Morgan fingerprint density at radius 3 is 2.52 bits per heavy atom. The SMILES string of the molecule is O=C1CC(NCCC2CCCC2)C(=O)N1c1ccccc1. The fourth-order valence-corrected chi connectivity index (χ4v) is 3.40. The average Bonchev–Trinajstić information content (AvgIpc) is 3.09. The van der Waals surface area contributed by atoms with Crippen molar-refractivity contribution in [1.82, 2.24) is 5.32 Å². The smallest absolute Gasteiger partial charge is 0.251 e. The molecule has 2 amide bonds. The highest BCUT2D eigenvalue weighted by Crippen LogP contribution is 2.27. The Morgan fingerprint density at radius 1 is 1.10 bits per heavy atom. The first kappa shape index (κ1) is 14.3. The minimum atomic E-state index is -0.348. The Kier molecular flexibility index (Phi) is 4.34. The van der Waals surface area contributed by atoms with E-state index in [-0.39, 0.29) is 24.3 Å². The van der Waals surface area contributed by atoms with Crippen LogP contribution in [0.15, 0.2) is 30.3 Å². The Labute approximate surface area is 125 Å². The molecule has 1 aromatic carbocycles. The summed E-state index contributed by atoms with van der Waals surface area (Å²) >= 11 is 0. The molecule has 1 N–H and O–H groups in total. The lowest BCUT2D eigenvalue weighted by Gasteiger charge is -2.16. The molecule has 1 atom stereocenters. The molecule has 1 unspecified atom stereocenters. The van der Waals surface area contributed by atoms with Crippen LogP contribution in [0.5, 0.6) is 0 Å². The number of hydrogen-bond acceptors (Lipinski definition) is 3. The molecule has 4 nitrogen and oxygen atoms in total. The molecule has 1 aliphatic heterocycles. The third kappa shape index (κ3) is 3.16. The molecule has 2 aliphatic rings. The van der Waals surface area contributed by atoms with Gasteiger partial charge in [0.25, 0.3) is 5.91 Å². The van der Waals surface area contributed by atoms with Gasteiger partial charge in [-0.2, -0.15) is 0 Å². The first-order valence-corrected chi connectivity index (χ1v) is 7.91. The summed E-state index contributed by atoms with van der Waals surface area (Å²) in [6.45, 7) is 0.830. The van der Waals surface area contributed by atoms with Crippen molar-refractivity contribution in [3.8, 4) is 0 Å². The van der Waals surface area contributed by atoms with Crippen LogP contribution >= 0.6 is 0 Å². The molecule has 0 spiro atoms. The van der Waals surface area contributed by atoms with Gasteiger partial charge in [-0.3, -0.25) is 9.59 Å². The van der Waals surface area contributed by atoms with Crippen LogP contribution in [0.1, 0.15) is 38.5 Å². The van der Waals surface area contributed by atoms with Crippen LogP contribution in [-0.2, 0) is 9.59 Å². The van der Waals surface area contributed by atoms with E-state index in [9.17, 15) is 9.59 Å². The minimum Gasteiger partial charge on any atom is -0.305 e. The first-order valence-electron chi connectivity index (χ1n) is 7.91. The minimum absolute atomic E-state index is 0.107. The monoisotopic (exact) mass is 286 g/mol. The largest absolute Gasteiger partial charge is 0.305 e. The van der Waals surface area contributed by atoms with Gasteiger partial charge in [-0.05, 0) is 31.0 Å². The first-order chi connectivity index (χ1) is 10.3.